The highest BCUT2D eigenvalue weighted by Crippen LogP contribution is 1.88. The molecule has 0 aromatic carbocycles. The number of carboxylic acid groups (broad SMARTS) is 1. The Bertz CT molecular complexity index is 265. The molecule has 0 saturated heterocycles. The van der Waals surface area contributed by atoms with E-state index in [1.54, 1.807) is 6.92 Å². The Labute approximate surface area is 92.7 Å². The first-order valence-corrected chi connectivity index (χ1v) is 4.73. The minimum Gasteiger partial charge on any atom is -0.480 e. The molecule has 92 valence electrons. The lowest BCUT2D eigenvalue weighted by Crippen LogP contribution is -2.41. The summed E-state index contributed by atoms with van der Waals surface area (Å²) in [6.07, 6.45) is 0. The molecule has 0 bridgehead atoms. The maximum Gasteiger partial charge on any atom is 0.329 e. The second-order valence-corrected chi connectivity index (χ2v) is 2.93. The van der Waals surface area contributed by atoms with Gasteiger partial charge in [0.15, 0.2) is 0 Å². The first-order chi connectivity index (χ1) is 7.47. The van der Waals surface area contributed by atoms with Crippen LogP contribution in [-0.2, 0) is 23.9 Å². The number of carbonyl (C=O) groups is 3. The van der Waals surface area contributed by atoms with Gasteiger partial charge in [-0.25, -0.2) is 9.59 Å². The lowest BCUT2D eigenvalue weighted by atomic mass is 10.3. The summed E-state index contributed by atoms with van der Waals surface area (Å²) in [4.78, 5) is 32.3. The van der Waals surface area contributed by atoms with E-state index in [0.717, 1.165) is 0 Å². The van der Waals surface area contributed by atoms with E-state index >= 15 is 0 Å². The summed E-state index contributed by atoms with van der Waals surface area (Å²) in [5.74, 6) is -2.28. The van der Waals surface area contributed by atoms with Crippen LogP contribution >= 0.6 is 0 Å². The van der Waals surface area contributed by atoms with Crippen LogP contribution in [0.4, 0.5) is 0 Å². The van der Waals surface area contributed by atoms with E-state index in [-0.39, 0.29) is 6.61 Å². The van der Waals surface area contributed by atoms with Crippen molar-refractivity contribution in [3.63, 3.8) is 0 Å². The molecule has 0 rings (SSSR count). The molecular formula is C9H15NO6. The molecule has 7 nitrogen and oxygen atoms in total. The van der Waals surface area contributed by atoms with Gasteiger partial charge >= 0.3 is 11.9 Å². The van der Waals surface area contributed by atoms with Crippen LogP contribution in [0.15, 0.2) is 0 Å². The Morgan fingerprint density at radius 1 is 1.31 bits per heavy atom. The van der Waals surface area contributed by atoms with Crippen molar-refractivity contribution in [2.45, 2.75) is 19.9 Å². The molecule has 0 aromatic rings. The van der Waals surface area contributed by atoms with Crippen molar-refractivity contribution in [3.05, 3.63) is 0 Å². The zero-order valence-electron chi connectivity index (χ0n) is 9.19. The molecule has 0 aliphatic heterocycles. The zero-order chi connectivity index (χ0) is 12.6. The Kier molecular flexibility index (Phi) is 6.86. The highest BCUT2D eigenvalue weighted by Gasteiger charge is 2.16. The van der Waals surface area contributed by atoms with Crippen LogP contribution in [0, 0.1) is 0 Å². The van der Waals surface area contributed by atoms with Crippen LogP contribution < -0.4 is 5.32 Å². The third-order valence-electron chi connectivity index (χ3n) is 1.48. The lowest BCUT2D eigenvalue weighted by Gasteiger charge is -2.12. The fraction of sp³-hybridized carbons (Fsp3) is 0.667. The summed E-state index contributed by atoms with van der Waals surface area (Å²) in [5.41, 5.74) is 0. The number of carbonyl (C=O) groups excluding carboxylic acids is 2. The molecule has 0 saturated carbocycles. The molecule has 2 N–H and O–H groups in total. The van der Waals surface area contributed by atoms with Crippen molar-refractivity contribution in [1.82, 2.24) is 5.32 Å². The lowest BCUT2D eigenvalue weighted by molar-refractivity contribution is -0.148. The molecule has 16 heavy (non-hydrogen) atoms. The molecule has 0 heterocycles. The van der Waals surface area contributed by atoms with Crippen molar-refractivity contribution in [3.8, 4) is 0 Å². The molecule has 0 spiro atoms. The van der Waals surface area contributed by atoms with Gasteiger partial charge in [0.2, 0.25) is 5.91 Å². The van der Waals surface area contributed by atoms with Crippen molar-refractivity contribution in [1.29, 1.82) is 0 Å². The molecule has 1 atom stereocenters. The number of ether oxygens (including phenoxy) is 2. The number of hydrogen-bond donors (Lipinski definition) is 2. The van der Waals surface area contributed by atoms with Crippen molar-refractivity contribution < 1.29 is 29.0 Å². The van der Waals surface area contributed by atoms with Crippen LogP contribution in [0.3, 0.4) is 0 Å². The smallest absolute Gasteiger partial charge is 0.329 e. The Hall–Kier alpha value is -1.63. The highest BCUT2D eigenvalue weighted by atomic mass is 16.5. The fourth-order valence-electron chi connectivity index (χ4n) is 0.840. The molecule has 7 heteroatoms. The average Bonchev–Trinajstić information content (AvgIpc) is 2.17. The van der Waals surface area contributed by atoms with Gasteiger partial charge in [0.25, 0.3) is 0 Å². The number of aliphatic carboxylic acids is 1. The molecular weight excluding hydrogens is 218 g/mol. The molecule has 0 aliphatic rings. The van der Waals surface area contributed by atoms with Crippen molar-refractivity contribution in [2.75, 3.05) is 19.8 Å². The number of carboxylic acids is 1. The van der Waals surface area contributed by atoms with Crippen LogP contribution in [0.2, 0.25) is 0 Å². The van der Waals surface area contributed by atoms with E-state index in [0.29, 0.717) is 0 Å². The van der Waals surface area contributed by atoms with Crippen molar-refractivity contribution in [2.24, 2.45) is 0 Å². The minimum absolute atomic E-state index is 0.231. The zero-order valence-corrected chi connectivity index (χ0v) is 9.19. The predicted octanol–water partition coefficient (Wildman–Crippen LogP) is -0.845. The van der Waals surface area contributed by atoms with E-state index in [4.69, 9.17) is 5.11 Å². The quantitative estimate of drug-likeness (QED) is 0.556. The average molecular weight is 233 g/mol. The maximum atomic E-state index is 11.1. The molecule has 0 unspecified atom stereocenters. The van der Waals surface area contributed by atoms with E-state index in [2.05, 4.69) is 14.8 Å². The number of esters is 1. The van der Waals surface area contributed by atoms with Gasteiger partial charge in [0.1, 0.15) is 19.3 Å². The van der Waals surface area contributed by atoms with Gasteiger partial charge in [0.05, 0.1) is 6.61 Å². The van der Waals surface area contributed by atoms with Gasteiger partial charge in [-0.15, -0.1) is 0 Å². The minimum atomic E-state index is -1.16. The number of amides is 1. The summed E-state index contributed by atoms with van der Waals surface area (Å²) in [7, 11) is 0. The largest absolute Gasteiger partial charge is 0.480 e. The fourth-order valence-corrected chi connectivity index (χ4v) is 0.840. The third kappa shape index (κ3) is 6.77. The standard InChI is InChI=1S/C9H15NO6/c1-3-16-9(14)6(2)10-7(11)4-15-5-8(12)13/h6H,3-5H2,1-2H3,(H,10,11)(H,12,13)/t6-/m1/s1. The van der Waals surface area contributed by atoms with Crippen LogP contribution in [0.5, 0.6) is 0 Å². The third-order valence-corrected chi connectivity index (χ3v) is 1.48. The summed E-state index contributed by atoms with van der Waals surface area (Å²) < 4.78 is 9.19. The molecule has 1 amide bonds. The van der Waals surface area contributed by atoms with Crippen LogP contribution in [0.25, 0.3) is 0 Å². The van der Waals surface area contributed by atoms with Gasteiger partial charge in [-0.2, -0.15) is 0 Å². The summed E-state index contributed by atoms with van der Waals surface area (Å²) >= 11 is 0. The number of rotatable bonds is 7. The molecule has 0 fully saturated rings. The van der Waals surface area contributed by atoms with Gasteiger partial charge in [-0.05, 0) is 13.8 Å². The summed E-state index contributed by atoms with van der Waals surface area (Å²) in [6.45, 7) is 2.39. The van der Waals surface area contributed by atoms with E-state index in [1.165, 1.54) is 6.92 Å². The molecule has 0 radical (unpaired) electrons. The van der Waals surface area contributed by atoms with Gasteiger partial charge in [-0.3, -0.25) is 4.79 Å². The van der Waals surface area contributed by atoms with E-state index < -0.39 is 37.1 Å². The van der Waals surface area contributed by atoms with Gasteiger partial charge in [-0.1, -0.05) is 0 Å². The Morgan fingerprint density at radius 3 is 2.44 bits per heavy atom. The summed E-state index contributed by atoms with van der Waals surface area (Å²) in [6, 6.07) is -0.777. The second-order valence-electron chi connectivity index (χ2n) is 2.93. The second kappa shape index (κ2) is 7.63. The monoisotopic (exact) mass is 233 g/mol. The Balaban J connectivity index is 3.77. The summed E-state index contributed by atoms with van der Waals surface area (Å²) in [5, 5.41) is 10.5. The highest BCUT2D eigenvalue weighted by molar-refractivity contribution is 5.84. The van der Waals surface area contributed by atoms with Crippen molar-refractivity contribution >= 4 is 17.8 Å². The Morgan fingerprint density at radius 2 is 1.94 bits per heavy atom. The maximum absolute atomic E-state index is 11.1. The predicted molar refractivity (Wildman–Crippen MR) is 52.7 cm³/mol. The normalized spacial score (nSPS) is 11.6. The van der Waals surface area contributed by atoms with Crippen LogP contribution in [-0.4, -0.2) is 48.8 Å². The SMILES string of the molecule is CCOC(=O)[C@@H](C)NC(=O)COCC(=O)O. The molecule has 0 aromatic heterocycles. The van der Waals surface area contributed by atoms with E-state index in [9.17, 15) is 14.4 Å². The first-order valence-electron chi connectivity index (χ1n) is 4.73. The molecule has 0 aliphatic carbocycles. The number of nitrogens with one attached hydrogen (secondary N) is 1. The van der Waals surface area contributed by atoms with Gasteiger partial charge < -0.3 is 19.9 Å². The van der Waals surface area contributed by atoms with E-state index in [1.807, 2.05) is 0 Å². The number of hydrogen-bond acceptors (Lipinski definition) is 5. The van der Waals surface area contributed by atoms with Crippen LogP contribution in [0.1, 0.15) is 13.8 Å². The van der Waals surface area contributed by atoms with Gasteiger partial charge in [0, 0.05) is 0 Å². The topological polar surface area (TPSA) is 102 Å². The first kappa shape index (κ1) is 14.4.